The predicted octanol–water partition coefficient (Wildman–Crippen LogP) is 2.95. The van der Waals surface area contributed by atoms with Crippen LogP contribution in [-0.2, 0) is 0 Å². The van der Waals surface area contributed by atoms with Gasteiger partial charge in [0.2, 0.25) is 0 Å². The van der Waals surface area contributed by atoms with Crippen molar-refractivity contribution in [3.8, 4) is 0 Å². The first-order valence-corrected chi connectivity index (χ1v) is 4.16. The molecule has 0 saturated heterocycles. The van der Waals surface area contributed by atoms with Gasteiger partial charge in [0.25, 0.3) is 0 Å². The quantitative estimate of drug-likeness (QED) is 0.597. The third kappa shape index (κ3) is 3.26. The van der Waals surface area contributed by atoms with Crippen molar-refractivity contribution in [3.63, 3.8) is 0 Å². The number of hydrogen-bond acceptors (Lipinski definition) is 1. The molecule has 0 bridgehead atoms. The second-order valence-electron chi connectivity index (χ2n) is 0.748. The molecule has 0 aliphatic rings. The number of carbonyl (C=O) groups is 1. The summed E-state index contributed by atoms with van der Waals surface area (Å²) in [4.78, 5) is 10.5. The highest BCUT2D eigenvalue weighted by Crippen LogP contribution is 2.16. The van der Waals surface area contributed by atoms with E-state index in [1.165, 1.54) is 0 Å². The highest BCUT2D eigenvalue weighted by Gasteiger charge is 2.11. The van der Waals surface area contributed by atoms with Gasteiger partial charge in [-0.15, -0.1) is 0 Å². The average Bonchev–Trinajstić information content (AvgIpc) is 1.64. The zero-order chi connectivity index (χ0) is 6.73. The fourth-order valence-corrected chi connectivity index (χ4v) is 1.54. The lowest BCUT2D eigenvalue weighted by atomic mass is 11.2. The second-order valence-corrected chi connectivity index (χ2v) is 5.49. The Morgan fingerprint density at radius 1 is 1.00 bits per heavy atom. The van der Waals surface area contributed by atoms with Gasteiger partial charge in [-0.05, 0) is 0 Å². The van der Waals surface area contributed by atoms with Gasteiger partial charge in [-0.1, -0.05) is 0 Å². The van der Waals surface area contributed by atoms with Crippen LogP contribution in [0.15, 0.2) is 0 Å². The van der Waals surface area contributed by atoms with Gasteiger partial charge >= 0.3 is 6.03 Å². The van der Waals surface area contributed by atoms with Crippen molar-refractivity contribution in [2.75, 3.05) is 0 Å². The van der Waals surface area contributed by atoms with Crippen LogP contribution in [0.4, 0.5) is 4.79 Å². The third-order valence-electron chi connectivity index (χ3n) is 0.289. The molecule has 48 valence electrons. The first-order valence-electron chi connectivity index (χ1n) is 1.33. The Kier molecular flexibility index (Phi) is 4.68. The summed E-state index contributed by atoms with van der Waals surface area (Å²) in [6.07, 6.45) is 0. The average molecular weight is 376 g/mol. The molecular weight excluding hydrogens is 376 g/mol. The summed E-state index contributed by atoms with van der Waals surface area (Å²) >= 11 is 11.4. The van der Waals surface area contributed by atoms with Crippen LogP contribution in [0.2, 0.25) is 0 Å². The van der Waals surface area contributed by atoms with E-state index in [0.29, 0.717) is 0 Å². The van der Waals surface area contributed by atoms with E-state index in [2.05, 4.69) is 64.6 Å². The van der Waals surface area contributed by atoms with Crippen LogP contribution in [0.1, 0.15) is 0 Å². The second kappa shape index (κ2) is 4.08. The highest BCUT2D eigenvalue weighted by molar-refractivity contribution is 9.22. The van der Waals surface area contributed by atoms with E-state index in [1.54, 1.807) is 0 Å². The minimum Gasteiger partial charge on any atom is -0.245 e. The lowest BCUT2D eigenvalue weighted by Gasteiger charge is -2.06. The van der Waals surface area contributed by atoms with Crippen LogP contribution in [-0.4, -0.2) is 11.9 Å². The number of nitrogens with zero attached hydrogens (tertiary/aromatic N) is 2. The highest BCUT2D eigenvalue weighted by atomic mass is 79.9. The van der Waals surface area contributed by atoms with Crippen molar-refractivity contribution in [1.82, 2.24) is 5.90 Å². The molecule has 3 nitrogen and oxygen atoms in total. The molecule has 0 aromatic rings. The molecule has 0 spiro atoms. The summed E-state index contributed by atoms with van der Waals surface area (Å²) in [5, 5.41) is 0. The summed E-state index contributed by atoms with van der Waals surface area (Å²) in [5.74, 6) is 0. The fraction of sp³-hybridized carbons (Fsp3) is 0. The van der Waals surface area contributed by atoms with Gasteiger partial charge < -0.3 is 0 Å². The normalized spacial score (nSPS) is 8.50. The Labute approximate surface area is 80.7 Å². The molecule has 0 aliphatic heterocycles. The summed E-state index contributed by atoms with van der Waals surface area (Å²) in [7, 11) is 0. The van der Waals surface area contributed by atoms with Gasteiger partial charge in [0, 0.05) is 0 Å². The maximum absolute atomic E-state index is 10.5. The molecular formula is CBr4N2O. The number of hydrogen-bond donors (Lipinski definition) is 0. The third-order valence-corrected chi connectivity index (χ3v) is 1.50. The number of rotatable bonds is 0. The molecule has 0 rings (SSSR count). The SMILES string of the molecule is O=C(N(Br)Br)N(Br)Br. The number of carbonyl (C=O) groups excluding carboxylic acids is 1. The molecule has 0 heterocycles. The lowest BCUT2D eigenvalue weighted by Crippen LogP contribution is -2.16. The molecule has 0 radical (unpaired) electrons. The molecule has 8 heavy (non-hydrogen) atoms. The maximum Gasteiger partial charge on any atom is 0.361 e. The molecule has 0 N–H and O–H groups in total. The molecule has 2 amide bonds. The molecule has 0 fully saturated rings. The van der Waals surface area contributed by atoms with E-state index < -0.39 is 0 Å². The van der Waals surface area contributed by atoms with E-state index in [-0.39, 0.29) is 6.03 Å². The maximum atomic E-state index is 10.5. The number of halogens is 4. The minimum atomic E-state index is -0.315. The smallest absolute Gasteiger partial charge is 0.245 e. The van der Waals surface area contributed by atoms with E-state index in [1.807, 2.05) is 0 Å². The van der Waals surface area contributed by atoms with Crippen molar-refractivity contribution in [3.05, 3.63) is 0 Å². The fourth-order valence-electron chi connectivity index (χ4n) is 0.0571. The standard InChI is InChI=1S/CBr4N2O/c2-6(3)1(8)7(4)5. The van der Waals surface area contributed by atoms with Crippen molar-refractivity contribution in [2.24, 2.45) is 0 Å². The van der Waals surface area contributed by atoms with E-state index in [4.69, 9.17) is 0 Å². The monoisotopic (exact) mass is 372 g/mol. The van der Waals surface area contributed by atoms with E-state index in [9.17, 15) is 4.79 Å². The summed E-state index contributed by atoms with van der Waals surface area (Å²) in [5.41, 5.74) is 0. The van der Waals surface area contributed by atoms with Crippen molar-refractivity contribution < 1.29 is 4.79 Å². The molecule has 0 atom stereocenters. The van der Waals surface area contributed by atoms with E-state index in [0.717, 1.165) is 5.90 Å². The lowest BCUT2D eigenvalue weighted by molar-refractivity contribution is 0.238. The van der Waals surface area contributed by atoms with E-state index >= 15 is 0 Å². The Balaban J connectivity index is 3.65. The van der Waals surface area contributed by atoms with Gasteiger partial charge in [-0.25, -0.2) is 4.79 Å². The first-order chi connectivity index (χ1) is 3.55. The summed E-state index contributed by atoms with van der Waals surface area (Å²) in [6.45, 7) is 0. The van der Waals surface area contributed by atoms with Crippen LogP contribution in [0.25, 0.3) is 0 Å². The summed E-state index contributed by atoms with van der Waals surface area (Å²) in [6, 6.07) is -0.315. The number of urea groups is 1. The zero-order valence-electron chi connectivity index (χ0n) is 3.31. The molecule has 0 unspecified atom stereocenters. The van der Waals surface area contributed by atoms with Crippen molar-refractivity contribution in [2.45, 2.75) is 0 Å². The van der Waals surface area contributed by atoms with Gasteiger partial charge in [0.05, 0.1) is 64.6 Å². The van der Waals surface area contributed by atoms with Gasteiger partial charge in [-0.2, -0.15) is 5.90 Å². The molecule has 0 aromatic carbocycles. The van der Waals surface area contributed by atoms with Gasteiger partial charge in [0.1, 0.15) is 0 Å². The predicted molar refractivity (Wildman–Crippen MR) is 44.8 cm³/mol. The Bertz CT molecular complexity index is 82.0. The van der Waals surface area contributed by atoms with Gasteiger partial charge in [-0.3, -0.25) is 0 Å². The molecule has 0 saturated carbocycles. The van der Waals surface area contributed by atoms with Crippen LogP contribution in [0.5, 0.6) is 0 Å². The van der Waals surface area contributed by atoms with Gasteiger partial charge in [0.15, 0.2) is 0 Å². The largest absolute Gasteiger partial charge is 0.361 e. The molecule has 0 aromatic heterocycles. The zero-order valence-corrected chi connectivity index (χ0v) is 9.66. The first kappa shape index (κ1) is 9.19. The Morgan fingerprint density at radius 3 is 1.25 bits per heavy atom. The molecule has 0 aliphatic carbocycles. The Hall–Kier alpha value is 1.19. The summed E-state index contributed by atoms with van der Waals surface area (Å²) < 4.78 is 2.12. The van der Waals surface area contributed by atoms with Crippen LogP contribution in [0.3, 0.4) is 0 Å². The van der Waals surface area contributed by atoms with Crippen LogP contribution < -0.4 is 0 Å². The minimum absolute atomic E-state index is 0.315. The number of amides is 2. The van der Waals surface area contributed by atoms with Crippen molar-refractivity contribution in [1.29, 1.82) is 0 Å². The molecule has 7 heteroatoms. The Morgan fingerprint density at radius 2 is 1.25 bits per heavy atom. The van der Waals surface area contributed by atoms with Crippen LogP contribution in [0, 0.1) is 0 Å². The van der Waals surface area contributed by atoms with Crippen LogP contribution >= 0.6 is 64.6 Å². The topological polar surface area (TPSA) is 23.6 Å². The van der Waals surface area contributed by atoms with Crippen molar-refractivity contribution >= 4 is 70.6 Å².